The summed E-state index contributed by atoms with van der Waals surface area (Å²) in [5, 5.41) is 8.37. The molecule has 33 heavy (non-hydrogen) atoms. The molecule has 1 saturated heterocycles. The summed E-state index contributed by atoms with van der Waals surface area (Å²) in [4.78, 5) is 14.5. The predicted octanol–water partition coefficient (Wildman–Crippen LogP) is 3.34. The van der Waals surface area contributed by atoms with Gasteiger partial charge in [0.15, 0.2) is 0 Å². The van der Waals surface area contributed by atoms with Crippen LogP contribution in [0.15, 0.2) is 29.2 Å². The van der Waals surface area contributed by atoms with Gasteiger partial charge in [0.2, 0.25) is 10.0 Å². The lowest BCUT2D eigenvalue weighted by molar-refractivity contribution is 0.0729. The fourth-order valence-electron chi connectivity index (χ4n) is 3.77. The average Bonchev–Trinajstić information content (AvgIpc) is 3.35. The number of aryl methyl sites for hydroxylation is 1. The number of methoxy groups -OCH3 is 1. The zero-order chi connectivity index (χ0) is 23.8. The Kier molecular flexibility index (Phi) is 6.76. The largest absolute Gasteiger partial charge is 0.495 e. The number of amides is 1. The van der Waals surface area contributed by atoms with Gasteiger partial charge in [0, 0.05) is 30.7 Å². The molecule has 9 nitrogen and oxygen atoms in total. The number of carbonyl (C=O) groups excluding carboxylic acids is 1. The minimum absolute atomic E-state index is 0.0180. The van der Waals surface area contributed by atoms with Gasteiger partial charge in [-0.25, -0.2) is 8.42 Å². The number of sulfonamides is 1. The number of fused-ring (bicyclic) bond motifs is 1. The maximum absolute atomic E-state index is 13.2. The minimum atomic E-state index is -3.79. The number of hydrogen-bond donors (Lipinski definition) is 1. The highest BCUT2D eigenvalue weighted by Crippen LogP contribution is 2.32. The summed E-state index contributed by atoms with van der Waals surface area (Å²) in [5.74, 6) is 0.357. The SMILES string of the molecule is COc1ccc(NC(=O)c2cc3c(C)nn(CC(C)C)c3s2)cc1S(=O)(=O)N1CCOCC1. The van der Waals surface area contributed by atoms with E-state index in [1.807, 2.05) is 17.7 Å². The summed E-state index contributed by atoms with van der Waals surface area (Å²) in [6.07, 6.45) is 0. The van der Waals surface area contributed by atoms with Crippen LogP contribution < -0.4 is 10.1 Å². The van der Waals surface area contributed by atoms with Gasteiger partial charge in [-0.3, -0.25) is 9.48 Å². The van der Waals surface area contributed by atoms with E-state index in [4.69, 9.17) is 9.47 Å². The summed E-state index contributed by atoms with van der Waals surface area (Å²) in [7, 11) is -2.37. The monoisotopic (exact) mass is 492 g/mol. The Hall–Kier alpha value is -2.47. The van der Waals surface area contributed by atoms with E-state index in [1.165, 1.54) is 28.8 Å². The van der Waals surface area contributed by atoms with Crippen molar-refractivity contribution >= 4 is 43.2 Å². The van der Waals surface area contributed by atoms with Crippen LogP contribution >= 0.6 is 11.3 Å². The molecule has 1 aromatic carbocycles. The Labute approximate surface area is 197 Å². The van der Waals surface area contributed by atoms with Crippen molar-refractivity contribution in [2.24, 2.45) is 5.92 Å². The Balaban J connectivity index is 1.61. The molecular formula is C22H28N4O5S2. The van der Waals surface area contributed by atoms with Crippen LogP contribution in [0.3, 0.4) is 0 Å². The number of carbonyl (C=O) groups is 1. The number of rotatable bonds is 7. The molecule has 1 fully saturated rings. The van der Waals surface area contributed by atoms with E-state index in [2.05, 4.69) is 24.3 Å². The second-order valence-corrected chi connectivity index (χ2v) is 11.3. The molecule has 3 heterocycles. The summed E-state index contributed by atoms with van der Waals surface area (Å²) in [6, 6.07) is 6.47. The molecule has 0 radical (unpaired) electrons. The molecular weight excluding hydrogens is 464 g/mol. The molecule has 2 aromatic heterocycles. The average molecular weight is 493 g/mol. The van der Waals surface area contributed by atoms with E-state index in [1.54, 1.807) is 12.1 Å². The van der Waals surface area contributed by atoms with Crippen LogP contribution in [0, 0.1) is 12.8 Å². The molecule has 1 aliphatic heterocycles. The third-order valence-electron chi connectivity index (χ3n) is 5.38. The molecule has 0 spiro atoms. The van der Waals surface area contributed by atoms with Crippen LogP contribution in [0.4, 0.5) is 5.69 Å². The van der Waals surface area contributed by atoms with E-state index in [-0.39, 0.29) is 29.6 Å². The Morgan fingerprint density at radius 3 is 2.67 bits per heavy atom. The van der Waals surface area contributed by atoms with Crippen LogP contribution in [0.2, 0.25) is 0 Å². The quantitative estimate of drug-likeness (QED) is 0.543. The van der Waals surface area contributed by atoms with E-state index in [0.717, 1.165) is 22.5 Å². The summed E-state index contributed by atoms with van der Waals surface area (Å²) in [6.45, 7) is 8.18. The zero-order valence-electron chi connectivity index (χ0n) is 19.1. The van der Waals surface area contributed by atoms with Crippen LogP contribution in [-0.4, -0.2) is 61.8 Å². The zero-order valence-corrected chi connectivity index (χ0v) is 20.8. The first-order chi connectivity index (χ1) is 15.7. The third kappa shape index (κ3) is 4.77. The highest BCUT2D eigenvalue weighted by atomic mass is 32.2. The van der Waals surface area contributed by atoms with Crippen LogP contribution in [0.5, 0.6) is 5.75 Å². The summed E-state index contributed by atoms with van der Waals surface area (Å²) >= 11 is 1.38. The van der Waals surface area contributed by atoms with Gasteiger partial charge in [0.05, 0.1) is 30.9 Å². The molecule has 4 rings (SSSR count). The van der Waals surface area contributed by atoms with E-state index in [9.17, 15) is 13.2 Å². The number of anilines is 1. The van der Waals surface area contributed by atoms with Gasteiger partial charge >= 0.3 is 0 Å². The van der Waals surface area contributed by atoms with Crippen molar-refractivity contribution in [1.82, 2.24) is 14.1 Å². The number of thiophene rings is 1. The summed E-state index contributed by atoms with van der Waals surface area (Å²) in [5.41, 5.74) is 1.26. The van der Waals surface area contributed by atoms with E-state index < -0.39 is 10.0 Å². The highest BCUT2D eigenvalue weighted by molar-refractivity contribution is 7.89. The van der Waals surface area contributed by atoms with Crippen LogP contribution in [0.1, 0.15) is 29.2 Å². The van der Waals surface area contributed by atoms with Crippen molar-refractivity contribution < 1.29 is 22.7 Å². The third-order valence-corrected chi connectivity index (χ3v) is 8.45. The van der Waals surface area contributed by atoms with Gasteiger partial charge in [0.1, 0.15) is 15.5 Å². The van der Waals surface area contributed by atoms with Crippen LogP contribution in [0.25, 0.3) is 10.2 Å². The summed E-state index contributed by atoms with van der Waals surface area (Å²) < 4.78 is 40.3. The van der Waals surface area contributed by atoms with Crippen molar-refractivity contribution in [1.29, 1.82) is 0 Å². The highest BCUT2D eigenvalue weighted by Gasteiger charge is 2.30. The molecule has 3 aromatic rings. The lowest BCUT2D eigenvalue weighted by atomic mass is 10.2. The molecule has 11 heteroatoms. The number of benzene rings is 1. The molecule has 1 aliphatic rings. The molecule has 1 N–H and O–H groups in total. The first-order valence-corrected chi connectivity index (χ1v) is 13.0. The van der Waals surface area contributed by atoms with Gasteiger partial charge in [-0.1, -0.05) is 13.8 Å². The molecule has 0 atom stereocenters. The smallest absolute Gasteiger partial charge is 0.265 e. The maximum Gasteiger partial charge on any atom is 0.265 e. The standard InChI is InChI=1S/C22H28N4O5S2/c1-14(2)13-26-22-17(15(3)24-26)12-19(32-22)21(27)23-16-5-6-18(30-4)20(11-16)33(28,29)25-7-9-31-10-8-25/h5-6,11-12,14H,7-10,13H2,1-4H3,(H,23,27). The normalized spacial score (nSPS) is 15.3. The number of aromatic nitrogens is 2. The molecule has 0 aliphatic carbocycles. The van der Waals surface area contributed by atoms with Gasteiger partial charge < -0.3 is 14.8 Å². The minimum Gasteiger partial charge on any atom is -0.495 e. The van der Waals surface area contributed by atoms with Crippen molar-refractivity contribution in [2.45, 2.75) is 32.2 Å². The van der Waals surface area contributed by atoms with Gasteiger partial charge in [-0.05, 0) is 37.1 Å². The Bertz CT molecular complexity index is 1270. The molecule has 178 valence electrons. The van der Waals surface area contributed by atoms with Crippen LogP contribution in [-0.2, 0) is 21.3 Å². The number of hydrogen-bond acceptors (Lipinski definition) is 7. The topological polar surface area (TPSA) is 103 Å². The second kappa shape index (κ2) is 9.41. The molecule has 0 unspecified atom stereocenters. The molecule has 0 bridgehead atoms. The fourth-order valence-corrected chi connectivity index (χ4v) is 6.42. The number of nitrogens with zero attached hydrogens (tertiary/aromatic N) is 3. The predicted molar refractivity (Wildman–Crippen MR) is 128 cm³/mol. The number of morpholine rings is 1. The van der Waals surface area contributed by atoms with Gasteiger partial charge in [0.25, 0.3) is 5.91 Å². The van der Waals surface area contributed by atoms with E-state index >= 15 is 0 Å². The lowest BCUT2D eigenvalue weighted by Crippen LogP contribution is -2.40. The van der Waals surface area contributed by atoms with Crippen molar-refractivity contribution in [3.05, 3.63) is 34.8 Å². The maximum atomic E-state index is 13.2. The van der Waals surface area contributed by atoms with E-state index in [0.29, 0.717) is 29.7 Å². The van der Waals surface area contributed by atoms with Crippen molar-refractivity contribution in [2.75, 3.05) is 38.7 Å². The Morgan fingerprint density at radius 1 is 1.27 bits per heavy atom. The first-order valence-electron chi connectivity index (χ1n) is 10.7. The fraction of sp³-hybridized carbons (Fsp3) is 0.455. The number of ether oxygens (including phenoxy) is 2. The second-order valence-electron chi connectivity index (χ2n) is 8.33. The van der Waals surface area contributed by atoms with Crippen molar-refractivity contribution in [3.63, 3.8) is 0 Å². The first kappa shape index (κ1) is 23.7. The van der Waals surface area contributed by atoms with Gasteiger partial charge in [-0.2, -0.15) is 9.40 Å². The van der Waals surface area contributed by atoms with Gasteiger partial charge in [-0.15, -0.1) is 11.3 Å². The number of nitrogens with one attached hydrogen (secondary N) is 1. The molecule has 1 amide bonds. The Morgan fingerprint density at radius 2 is 2.00 bits per heavy atom. The lowest BCUT2D eigenvalue weighted by Gasteiger charge is -2.26. The molecule has 0 saturated carbocycles. The van der Waals surface area contributed by atoms with Crippen molar-refractivity contribution in [3.8, 4) is 5.75 Å².